The summed E-state index contributed by atoms with van der Waals surface area (Å²) in [5, 5.41) is 5.62. The second kappa shape index (κ2) is 7.41. The van der Waals surface area contributed by atoms with Crippen molar-refractivity contribution in [1.29, 1.82) is 0 Å². The van der Waals surface area contributed by atoms with Crippen LogP contribution in [0.15, 0.2) is 48.5 Å². The molecule has 22 heavy (non-hydrogen) atoms. The number of amides is 2. The van der Waals surface area contributed by atoms with Crippen LogP contribution in [0, 0.1) is 6.92 Å². The van der Waals surface area contributed by atoms with Gasteiger partial charge >= 0.3 is 0 Å². The molecule has 0 radical (unpaired) electrons. The van der Waals surface area contributed by atoms with E-state index in [2.05, 4.69) is 10.6 Å². The van der Waals surface area contributed by atoms with E-state index in [0.717, 1.165) is 11.1 Å². The molecule has 0 bridgehead atoms. The molecule has 0 aliphatic carbocycles. The van der Waals surface area contributed by atoms with Gasteiger partial charge in [-0.2, -0.15) is 0 Å². The third kappa shape index (κ3) is 4.74. The molecular formula is C18H20N2O2. The van der Waals surface area contributed by atoms with E-state index in [1.54, 1.807) is 12.1 Å². The predicted molar refractivity (Wildman–Crippen MR) is 86.3 cm³/mol. The molecule has 2 aromatic carbocycles. The monoisotopic (exact) mass is 296 g/mol. The van der Waals surface area contributed by atoms with Crippen LogP contribution in [0.2, 0.25) is 0 Å². The van der Waals surface area contributed by atoms with E-state index in [1.165, 1.54) is 12.5 Å². The van der Waals surface area contributed by atoms with Crippen LogP contribution in [0.25, 0.3) is 0 Å². The summed E-state index contributed by atoms with van der Waals surface area (Å²) in [5.41, 5.74) is 3.84. The predicted octanol–water partition coefficient (Wildman–Crippen LogP) is 2.56. The van der Waals surface area contributed by atoms with Crippen molar-refractivity contribution in [3.05, 3.63) is 70.8 Å². The average molecular weight is 296 g/mol. The number of aryl methyl sites for hydroxylation is 1. The SMILES string of the molecule is CC(=O)NCc1ccc(C(=O)NCc2ccc(C)cc2)cc1. The number of carbonyl (C=O) groups is 2. The Bertz CT molecular complexity index is 646. The van der Waals surface area contributed by atoms with Gasteiger partial charge in [-0.1, -0.05) is 42.0 Å². The molecular weight excluding hydrogens is 276 g/mol. The Morgan fingerprint density at radius 3 is 1.86 bits per heavy atom. The van der Waals surface area contributed by atoms with Gasteiger partial charge in [-0.15, -0.1) is 0 Å². The molecule has 4 heteroatoms. The molecule has 0 saturated carbocycles. The lowest BCUT2D eigenvalue weighted by Crippen LogP contribution is -2.23. The van der Waals surface area contributed by atoms with Crippen molar-refractivity contribution in [2.24, 2.45) is 0 Å². The molecule has 0 spiro atoms. The molecule has 2 N–H and O–H groups in total. The number of hydrogen-bond acceptors (Lipinski definition) is 2. The summed E-state index contributed by atoms with van der Waals surface area (Å²) in [6.07, 6.45) is 0. The highest BCUT2D eigenvalue weighted by Crippen LogP contribution is 2.06. The third-order valence-corrected chi connectivity index (χ3v) is 3.33. The molecule has 0 fully saturated rings. The summed E-state index contributed by atoms with van der Waals surface area (Å²) in [5.74, 6) is -0.174. The van der Waals surface area contributed by atoms with Gasteiger partial charge in [0.15, 0.2) is 0 Å². The van der Waals surface area contributed by atoms with E-state index in [-0.39, 0.29) is 11.8 Å². The van der Waals surface area contributed by atoms with Crippen LogP contribution in [0.5, 0.6) is 0 Å². The lowest BCUT2D eigenvalue weighted by atomic mass is 10.1. The van der Waals surface area contributed by atoms with Crippen molar-refractivity contribution in [3.8, 4) is 0 Å². The van der Waals surface area contributed by atoms with Gasteiger partial charge in [0, 0.05) is 25.6 Å². The maximum atomic E-state index is 12.1. The van der Waals surface area contributed by atoms with Crippen molar-refractivity contribution >= 4 is 11.8 Å². The molecule has 0 aliphatic rings. The molecule has 0 unspecified atom stereocenters. The molecule has 0 aromatic heterocycles. The largest absolute Gasteiger partial charge is 0.352 e. The third-order valence-electron chi connectivity index (χ3n) is 3.33. The number of carbonyl (C=O) groups excluding carboxylic acids is 2. The van der Waals surface area contributed by atoms with E-state index in [9.17, 15) is 9.59 Å². The minimum Gasteiger partial charge on any atom is -0.352 e. The first kappa shape index (κ1) is 15.8. The highest BCUT2D eigenvalue weighted by Gasteiger charge is 2.05. The molecule has 2 aromatic rings. The molecule has 0 heterocycles. The van der Waals surface area contributed by atoms with E-state index < -0.39 is 0 Å². The van der Waals surface area contributed by atoms with Gasteiger partial charge in [-0.3, -0.25) is 9.59 Å². The van der Waals surface area contributed by atoms with Crippen molar-refractivity contribution in [2.45, 2.75) is 26.9 Å². The summed E-state index contributed by atoms with van der Waals surface area (Å²) in [6, 6.07) is 15.3. The fraction of sp³-hybridized carbons (Fsp3) is 0.222. The first-order chi connectivity index (χ1) is 10.5. The van der Waals surface area contributed by atoms with Gasteiger partial charge < -0.3 is 10.6 Å². The van der Waals surface area contributed by atoms with Crippen LogP contribution < -0.4 is 10.6 Å². The summed E-state index contributed by atoms with van der Waals surface area (Å²) in [4.78, 5) is 22.9. The summed E-state index contributed by atoms with van der Waals surface area (Å²) in [6.45, 7) is 4.49. The second-order valence-electron chi connectivity index (χ2n) is 5.27. The molecule has 0 saturated heterocycles. The summed E-state index contributed by atoms with van der Waals surface area (Å²) < 4.78 is 0. The number of benzene rings is 2. The zero-order valence-electron chi connectivity index (χ0n) is 12.8. The van der Waals surface area contributed by atoms with Crippen LogP contribution in [0.4, 0.5) is 0 Å². The van der Waals surface area contributed by atoms with Gasteiger partial charge in [0.1, 0.15) is 0 Å². The molecule has 114 valence electrons. The van der Waals surface area contributed by atoms with Gasteiger partial charge in [0.25, 0.3) is 5.91 Å². The Hall–Kier alpha value is -2.62. The van der Waals surface area contributed by atoms with Crippen molar-refractivity contribution < 1.29 is 9.59 Å². The topological polar surface area (TPSA) is 58.2 Å². The molecule has 0 aliphatic heterocycles. The van der Waals surface area contributed by atoms with E-state index >= 15 is 0 Å². The van der Waals surface area contributed by atoms with Crippen LogP contribution in [0.1, 0.15) is 34.0 Å². The number of hydrogen-bond donors (Lipinski definition) is 2. The molecule has 2 rings (SSSR count). The highest BCUT2D eigenvalue weighted by atomic mass is 16.2. The van der Waals surface area contributed by atoms with Crippen LogP contribution in [-0.2, 0) is 17.9 Å². The lowest BCUT2D eigenvalue weighted by molar-refractivity contribution is -0.119. The van der Waals surface area contributed by atoms with Crippen molar-refractivity contribution in [2.75, 3.05) is 0 Å². The maximum absolute atomic E-state index is 12.1. The fourth-order valence-corrected chi connectivity index (χ4v) is 1.99. The van der Waals surface area contributed by atoms with E-state index in [0.29, 0.717) is 18.7 Å². The zero-order chi connectivity index (χ0) is 15.9. The van der Waals surface area contributed by atoms with Crippen molar-refractivity contribution in [1.82, 2.24) is 10.6 Å². The maximum Gasteiger partial charge on any atom is 0.251 e. The molecule has 2 amide bonds. The van der Waals surface area contributed by atoms with Gasteiger partial charge in [0.2, 0.25) is 5.91 Å². The average Bonchev–Trinajstić information content (AvgIpc) is 2.52. The minimum absolute atomic E-state index is 0.0695. The molecule has 0 atom stereocenters. The first-order valence-electron chi connectivity index (χ1n) is 7.22. The Kier molecular flexibility index (Phi) is 5.31. The first-order valence-corrected chi connectivity index (χ1v) is 7.22. The van der Waals surface area contributed by atoms with Crippen molar-refractivity contribution in [3.63, 3.8) is 0 Å². The highest BCUT2D eigenvalue weighted by molar-refractivity contribution is 5.94. The van der Waals surface area contributed by atoms with E-state index in [1.807, 2.05) is 43.3 Å². The Balaban J connectivity index is 1.89. The van der Waals surface area contributed by atoms with Crippen LogP contribution in [0.3, 0.4) is 0 Å². The van der Waals surface area contributed by atoms with Gasteiger partial charge in [-0.25, -0.2) is 0 Å². The lowest BCUT2D eigenvalue weighted by Gasteiger charge is -2.07. The van der Waals surface area contributed by atoms with Gasteiger partial charge in [-0.05, 0) is 30.2 Å². The fourth-order valence-electron chi connectivity index (χ4n) is 1.99. The second-order valence-corrected chi connectivity index (χ2v) is 5.27. The Morgan fingerprint density at radius 2 is 1.32 bits per heavy atom. The minimum atomic E-state index is -0.105. The number of rotatable bonds is 5. The van der Waals surface area contributed by atoms with Gasteiger partial charge in [0.05, 0.1) is 0 Å². The quantitative estimate of drug-likeness (QED) is 0.891. The summed E-state index contributed by atoms with van der Waals surface area (Å²) >= 11 is 0. The standard InChI is InChI=1S/C18H20N2O2/c1-13-3-5-15(6-4-13)12-20-18(22)17-9-7-16(8-10-17)11-19-14(2)21/h3-10H,11-12H2,1-2H3,(H,19,21)(H,20,22). The normalized spacial score (nSPS) is 10.1. The molecule has 4 nitrogen and oxygen atoms in total. The van der Waals surface area contributed by atoms with E-state index in [4.69, 9.17) is 0 Å². The number of nitrogens with one attached hydrogen (secondary N) is 2. The Morgan fingerprint density at radius 1 is 0.818 bits per heavy atom. The smallest absolute Gasteiger partial charge is 0.251 e. The van der Waals surface area contributed by atoms with Crippen LogP contribution >= 0.6 is 0 Å². The Labute approximate surface area is 130 Å². The summed E-state index contributed by atoms with van der Waals surface area (Å²) in [7, 11) is 0. The van der Waals surface area contributed by atoms with Crippen LogP contribution in [-0.4, -0.2) is 11.8 Å². The zero-order valence-corrected chi connectivity index (χ0v) is 12.8.